The first-order chi connectivity index (χ1) is 66.5. The molecule has 6 amide bonds. The topological polar surface area (TPSA) is 330 Å². The average Bonchev–Trinajstić information content (AvgIpc) is 1.59. The Balaban J connectivity index is 0.000000119. The average molecular weight is 2050 g/mol. The van der Waals surface area contributed by atoms with Gasteiger partial charge in [-0.25, -0.2) is 23.4 Å². The second-order valence-electron chi connectivity index (χ2n) is 33.1. The van der Waals surface area contributed by atoms with Crippen molar-refractivity contribution < 1.29 is 71.1 Å². The number of hydrogen-bond acceptors (Lipinski definition) is 25. The predicted octanol–water partition coefficient (Wildman–Crippen LogP) is 16.6. The Labute approximate surface area is 832 Å². The van der Waals surface area contributed by atoms with E-state index in [1.807, 2.05) is 77.8 Å². The van der Waals surface area contributed by atoms with Crippen LogP contribution in [0.1, 0.15) is 153 Å². The van der Waals surface area contributed by atoms with E-state index in [-0.39, 0.29) is 102 Å². The molecule has 40 heteroatoms. The second-order valence-corrected chi connectivity index (χ2v) is 40.3. The molecule has 137 heavy (non-hydrogen) atoms. The maximum Gasteiger partial charge on any atom is 0.332 e. The number of morpholine rings is 4. The zero-order valence-corrected chi connectivity index (χ0v) is 81.5. The van der Waals surface area contributed by atoms with E-state index in [1.54, 1.807) is 42.7 Å². The first-order valence-corrected chi connectivity index (χ1v) is 50.3. The van der Waals surface area contributed by atoms with Crippen LogP contribution in [0.25, 0.3) is 26.2 Å². The summed E-state index contributed by atoms with van der Waals surface area (Å²) in [5.74, 6) is -4.64. The number of carbonyl (C=O) groups excluding carboxylic acids is 7. The van der Waals surface area contributed by atoms with Crippen molar-refractivity contribution in [1.82, 2.24) is 52.1 Å². The summed E-state index contributed by atoms with van der Waals surface area (Å²) >= 11 is 37.4. The number of methoxy groups -OCH3 is 1. The van der Waals surface area contributed by atoms with Crippen LogP contribution in [0.15, 0.2) is 159 Å². The number of anilines is 4. The first kappa shape index (κ1) is 97.6. The number of amides is 6. The Hall–Kier alpha value is -11.0. The molecule has 0 saturated carbocycles. The molecule has 712 valence electrons. The van der Waals surface area contributed by atoms with E-state index >= 15 is 0 Å². The van der Waals surface area contributed by atoms with Crippen LogP contribution in [0.5, 0.6) is 0 Å². The lowest BCUT2D eigenvalue weighted by Gasteiger charge is -2.41. The summed E-state index contributed by atoms with van der Waals surface area (Å²) in [6.07, 6.45) is 8.29. The number of ether oxygens (including phenoxy) is 5. The van der Waals surface area contributed by atoms with Crippen LogP contribution in [0.2, 0.25) is 25.1 Å². The number of esters is 1. The fraction of sp³-hybridized carbons (Fsp3) is 0.330. The Morgan fingerprint density at radius 2 is 1.16 bits per heavy atom. The lowest BCUT2D eigenvalue weighted by molar-refractivity contribution is -0.149. The SMILES string of the molecule is C=CCC1(C(=O)OC)NC(=O)c2sc(N3CCOCC3)cc2C1c1ccc(Cl)c(Cl)c1.O=C1NCC(c2ccc(Cl)cc2)c2cc(-c3ccncc3)sc21.O=C1NCCC(c2ccc3cn[nH]c3c2)c2nc(N3CCOCC3)sc21.O=C1N[C@@H](C(=O)NCCO)[C@H](c2ccc(Cl)cc2)c2cc(N3CCOCC3)sc21.[C-]#[N+]c1c(N2CCOCC2)sc2c1C(c1c(F)cc(Cl)cc1F)CCNC2=O. The van der Waals surface area contributed by atoms with Gasteiger partial charge in [-0.05, 0) is 154 Å². The fourth-order valence-corrected chi connectivity index (χ4v) is 24.9. The summed E-state index contributed by atoms with van der Waals surface area (Å²) in [5, 5.41) is 40.2. The number of benzene rings is 5. The van der Waals surface area contributed by atoms with Crippen molar-refractivity contribution in [1.29, 1.82) is 0 Å². The number of thiophene rings is 4. The van der Waals surface area contributed by atoms with Gasteiger partial charge in [-0.1, -0.05) is 118 Å². The number of aromatic amines is 1. The molecular weight excluding hydrogens is 1960 g/mol. The zero-order valence-electron chi connectivity index (χ0n) is 73.7. The van der Waals surface area contributed by atoms with Crippen molar-refractivity contribution in [2.75, 3.05) is 165 Å². The number of halogens is 7. The predicted molar refractivity (Wildman–Crippen MR) is 532 cm³/mol. The largest absolute Gasteiger partial charge is 0.467 e. The van der Waals surface area contributed by atoms with Gasteiger partial charge < -0.3 is 80.3 Å². The molecule has 7 aromatic heterocycles. The summed E-state index contributed by atoms with van der Waals surface area (Å²) in [7, 11) is 1.31. The minimum atomic E-state index is -1.35. The zero-order chi connectivity index (χ0) is 95.7. The van der Waals surface area contributed by atoms with E-state index in [4.69, 9.17) is 98.4 Å². The number of nitrogens with one attached hydrogen (secondary N) is 7. The highest BCUT2D eigenvalue weighted by atomic mass is 35.5. The molecule has 4 saturated heterocycles. The van der Waals surface area contributed by atoms with E-state index in [9.17, 15) is 42.3 Å². The van der Waals surface area contributed by atoms with E-state index in [0.29, 0.717) is 119 Å². The number of pyridine rings is 1. The van der Waals surface area contributed by atoms with Gasteiger partial charge in [-0.3, -0.25) is 38.8 Å². The summed E-state index contributed by atoms with van der Waals surface area (Å²) in [6, 6.07) is 38.2. The molecule has 9 aliphatic heterocycles. The maximum atomic E-state index is 14.7. The minimum absolute atomic E-state index is 0.00974. The number of aliphatic hydroxyl groups excluding tert-OH is 1. The molecule has 0 spiro atoms. The quantitative estimate of drug-likeness (QED) is 0.0253. The molecule has 0 aliphatic carbocycles. The Morgan fingerprint density at radius 3 is 1.77 bits per heavy atom. The van der Waals surface area contributed by atoms with Crippen LogP contribution in [-0.4, -0.2) is 223 Å². The highest BCUT2D eigenvalue weighted by Gasteiger charge is 2.54. The van der Waals surface area contributed by atoms with Gasteiger partial charge in [-0.2, -0.15) is 5.10 Å². The number of aromatic nitrogens is 4. The molecule has 5 unspecified atom stereocenters. The van der Waals surface area contributed by atoms with E-state index in [0.717, 1.165) is 148 Å². The van der Waals surface area contributed by atoms with Crippen LogP contribution in [0.4, 0.5) is 34.6 Å². The first-order valence-electron chi connectivity index (χ1n) is 44.3. The summed E-state index contributed by atoms with van der Waals surface area (Å²) in [6.45, 7) is 23.9. The van der Waals surface area contributed by atoms with Crippen molar-refractivity contribution in [3.05, 3.63) is 287 Å². The normalized spacial score (nSPS) is 20.5. The van der Waals surface area contributed by atoms with Gasteiger partial charge in [0.05, 0.1) is 135 Å². The van der Waals surface area contributed by atoms with Gasteiger partial charge in [0, 0.05) is 151 Å². The molecule has 8 N–H and O–H groups in total. The number of aliphatic hydroxyl groups is 1. The van der Waals surface area contributed by atoms with Gasteiger partial charge in [-0.15, -0.1) is 51.9 Å². The van der Waals surface area contributed by atoms with Gasteiger partial charge in [0.2, 0.25) is 11.6 Å². The number of fused-ring (bicyclic) bond motifs is 6. The molecular formula is C97H92Cl5F2N15O13S5. The second kappa shape index (κ2) is 44.0. The molecule has 4 fully saturated rings. The highest BCUT2D eigenvalue weighted by molar-refractivity contribution is 7.20. The molecule has 21 rings (SSSR count). The van der Waals surface area contributed by atoms with Gasteiger partial charge in [0.1, 0.15) is 22.6 Å². The van der Waals surface area contributed by atoms with Crippen molar-refractivity contribution in [3.8, 4) is 10.4 Å². The fourth-order valence-electron chi connectivity index (χ4n) is 18.3. The van der Waals surface area contributed by atoms with Crippen LogP contribution in [0.3, 0.4) is 0 Å². The maximum absolute atomic E-state index is 14.7. The number of thiazole rings is 1. The Bertz CT molecular complexity index is 6510. The number of hydrogen-bond donors (Lipinski definition) is 8. The minimum Gasteiger partial charge on any atom is -0.467 e. The van der Waals surface area contributed by atoms with Crippen molar-refractivity contribution in [2.24, 2.45) is 0 Å². The van der Waals surface area contributed by atoms with Crippen LogP contribution in [-0.2, 0) is 33.3 Å². The van der Waals surface area contributed by atoms with Gasteiger partial charge >= 0.3 is 5.97 Å². The molecule has 16 heterocycles. The summed E-state index contributed by atoms with van der Waals surface area (Å²) in [4.78, 5) is 115. The third kappa shape index (κ3) is 21.1. The third-order valence-corrected chi connectivity index (χ3v) is 32.4. The summed E-state index contributed by atoms with van der Waals surface area (Å²) in [5.41, 5.74) is 8.85. The van der Waals surface area contributed by atoms with Gasteiger partial charge in [0.15, 0.2) is 10.7 Å². The molecule has 7 atom stereocenters. The standard InChI is InChI=1S/C22H22Cl2N2O4S.C20H22ClN3O4S.C19H16ClF2N3O2S.C18H13ClN2OS.C18H19N5O2S/c1-3-6-22(21(28)29-2)18(13-4-5-15(23)16(24)11-13)14-12-17(26-7-9-30-10-8-26)31-19(14)20(27)25-22;21-13-3-1-12(2-4-13)16-14-11-15(24-6-9-28-10-7-24)29-18(14)20(27)23-17(16)19(26)22-5-8-25;1-23-16-15-11(14-12(21)8-10(20)9-13(14)22)2-3-24-18(26)17(15)28-19(16)25-4-6-27-7-5-25;19-13-3-1-11(2-4-13)15-10-21-18(22)17-14(15)9-16(23-17)12-5-7-20-8-6-12;24-17-16-15(21-18(26-16)23-5-7-25-8-6-23)13(3-4-19-17)11-1-2-12-10-20-22-14(12)9-11/h3-5,11-12,18H,1,6-10H2,2H3,(H,25,27);1-4,11,16-17,25H,5-10H2,(H,22,26)(H,23,27);8-9,11H,2-7H2,(H,24,26);1-9,15H,10H2,(H,21,22);1-2,9-10,13H,3-8H2,(H,19,24)(H,20,22)/t;16-,17-;;;/m.1.../s1. The number of carbonyl (C=O) groups is 7. The number of H-pyrrole nitrogens is 1. The Kier molecular flexibility index (Phi) is 31.3. The lowest BCUT2D eigenvalue weighted by atomic mass is 9.70. The van der Waals surface area contributed by atoms with E-state index < -0.39 is 41.0 Å². The molecule has 9 aliphatic rings. The van der Waals surface area contributed by atoms with Crippen LogP contribution >= 0.6 is 115 Å². The van der Waals surface area contributed by atoms with Gasteiger partial charge in [0.25, 0.3) is 29.5 Å². The molecule has 0 radical (unpaired) electrons. The smallest absolute Gasteiger partial charge is 0.332 e. The Morgan fingerprint density at radius 1 is 0.591 bits per heavy atom. The molecule has 12 aromatic rings. The molecule has 28 nitrogen and oxygen atoms in total. The summed E-state index contributed by atoms with van der Waals surface area (Å²) < 4.78 is 56.2. The lowest BCUT2D eigenvalue weighted by Crippen LogP contribution is -2.61. The third-order valence-electron chi connectivity index (χ3n) is 24.9. The van der Waals surface area contributed by atoms with Crippen molar-refractivity contribution >= 4 is 193 Å². The van der Waals surface area contributed by atoms with E-state index in [1.165, 1.54) is 69.4 Å². The van der Waals surface area contributed by atoms with E-state index in [2.05, 4.69) is 97.5 Å². The van der Waals surface area contributed by atoms with Crippen LogP contribution in [0, 0.1) is 18.2 Å². The van der Waals surface area contributed by atoms with Crippen molar-refractivity contribution in [3.63, 3.8) is 0 Å². The number of rotatable bonds is 16. The number of nitrogens with zero attached hydrogens (tertiary/aromatic N) is 8. The monoisotopic (exact) mass is 2050 g/mol. The van der Waals surface area contributed by atoms with Crippen LogP contribution < -0.4 is 51.5 Å². The molecule has 0 bridgehead atoms. The van der Waals surface area contributed by atoms with Crippen molar-refractivity contribution in [2.45, 2.75) is 60.4 Å². The molecule has 5 aromatic carbocycles. The highest BCUT2D eigenvalue weighted by Crippen LogP contribution is 2.53.